The fourth-order valence-corrected chi connectivity index (χ4v) is 7.06. The molecule has 1 saturated carbocycles. The minimum absolute atomic E-state index is 0.200. The smallest absolute Gasteiger partial charge is 0.265 e. The summed E-state index contributed by atoms with van der Waals surface area (Å²) in [5.41, 5.74) is 4.90. The summed E-state index contributed by atoms with van der Waals surface area (Å²) in [5, 5.41) is 5.65. The van der Waals surface area contributed by atoms with Crippen LogP contribution in [0, 0.1) is 6.92 Å². The number of hydrogen-bond donors (Lipinski definition) is 1. The average Bonchev–Trinajstić information content (AvgIpc) is 3.64. The Hall–Kier alpha value is -3.49. The van der Waals surface area contributed by atoms with E-state index in [1.807, 2.05) is 53.2 Å². The zero-order valence-electron chi connectivity index (χ0n) is 19.9. The molecule has 6 rings (SSSR count). The number of aromatic nitrogens is 3. The summed E-state index contributed by atoms with van der Waals surface area (Å²) in [6.45, 7) is 2.07. The molecule has 1 aliphatic carbocycles. The Morgan fingerprint density at radius 3 is 2.44 bits per heavy atom. The minimum Gasteiger partial charge on any atom is -0.280 e. The fraction of sp³-hybridized carbons (Fsp3) is 0.214. The zero-order valence-corrected chi connectivity index (χ0v) is 21.5. The summed E-state index contributed by atoms with van der Waals surface area (Å²) in [4.78, 5) is 4.93. The van der Waals surface area contributed by atoms with Gasteiger partial charge >= 0.3 is 0 Å². The van der Waals surface area contributed by atoms with Gasteiger partial charge in [-0.2, -0.15) is 5.10 Å². The van der Waals surface area contributed by atoms with E-state index in [9.17, 15) is 8.42 Å². The lowest BCUT2D eigenvalue weighted by atomic mass is 10.2. The van der Waals surface area contributed by atoms with Crippen molar-refractivity contribution in [3.05, 3.63) is 84.6 Å². The monoisotopic (exact) mass is 514 g/mol. The van der Waals surface area contributed by atoms with Crippen molar-refractivity contribution in [2.24, 2.45) is 0 Å². The maximum absolute atomic E-state index is 13.6. The molecule has 0 bridgehead atoms. The number of benzene rings is 3. The second kappa shape index (κ2) is 9.19. The highest BCUT2D eigenvalue weighted by atomic mass is 32.2. The third kappa shape index (κ3) is 4.42. The standard InChI is InChI=1S/C28H26N4O2S2/c1-19-11-16-24-25(17-19)35-28(29-24)21-12-14-22(15-13-21)31-36(33,34)26-18-32(23-9-5-6-10-23)30-27(26)20-7-3-2-4-8-20/h2-4,7-8,11-18,23,31H,5-6,9-10H2,1H3. The predicted molar refractivity (Wildman–Crippen MR) is 146 cm³/mol. The first-order chi connectivity index (χ1) is 17.5. The summed E-state index contributed by atoms with van der Waals surface area (Å²) in [6, 6.07) is 23.4. The van der Waals surface area contributed by atoms with Crippen LogP contribution < -0.4 is 4.72 Å². The molecule has 182 valence electrons. The van der Waals surface area contributed by atoms with Crippen molar-refractivity contribution in [3.8, 4) is 21.8 Å². The van der Waals surface area contributed by atoms with Crippen molar-refractivity contribution in [2.45, 2.75) is 43.5 Å². The van der Waals surface area contributed by atoms with Crippen LogP contribution >= 0.6 is 11.3 Å². The Morgan fingerprint density at radius 2 is 1.69 bits per heavy atom. The first-order valence-corrected chi connectivity index (χ1v) is 14.4. The molecule has 3 aromatic carbocycles. The topological polar surface area (TPSA) is 76.9 Å². The van der Waals surface area contributed by atoms with Gasteiger partial charge in [0.1, 0.15) is 15.6 Å². The van der Waals surface area contributed by atoms with Gasteiger partial charge in [-0.15, -0.1) is 11.3 Å². The number of rotatable bonds is 6. The van der Waals surface area contributed by atoms with Gasteiger partial charge in [0.05, 0.1) is 16.3 Å². The van der Waals surface area contributed by atoms with E-state index in [0.29, 0.717) is 11.4 Å². The highest BCUT2D eigenvalue weighted by molar-refractivity contribution is 7.92. The van der Waals surface area contributed by atoms with Gasteiger partial charge in [0.2, 0.25) is 0 Å². The second-order valence-corrected chi connectivity index (χ2v) is 12.0. The van der Waals surface area contributed by atoms with Crippen molar-refractivity contribution < 1.29 is 8.42 Å². The lowest BCUT2D eigenvalue weighted by Crippen LogP contribution is -2.13. The lowest BCUT2D eigenvalue weighted by Gasteiger charge is -2.09. The molecule has 1 aliphatic rings. The summed E-state index contributed by atoms with van der Waals surface area (Å²) in [6.07, 6.45) is 6.03. The van der Waals surface area contributed by atoms with E-state index in [1.54, 1.807) is 29.7 Å². The molecule has 0 saturated heterocycles. The molecule has 0 radical (unpaired) electrons. The second-order valence-electron chi connectivity index (χ2n) is 9.30. The van der Waals surface area contributed by atoms with Crippen LogP contribution in [0.15, 0.2) is 83.9 Å². The maximum atomic E-state index is 13.6. The van der Waals surface area contributed by atoms with Crippen molar-refractivity contribution in [2.75, 3.05) is 4.72 Å². The number of anilines is 1. The third-order valence-corrected chi connectivity index (χ3v) is 9.11. The molecular formula is C28H26N4O2S2. The summed E-state index contributed by atoms with van der Waals surface area (Å²) < 4.78 is 32.9. The molecule has 0 amide bonds. The molecule has 6 nitrogen and oxygen atoms in total. The largest absolute Gasteiger partial charge is 0.280 e. The first-order valence-electron chi connectivity index (χ1n) is 12.1. The van der Waals surface area contributed by atoms with Crippen molar-refractivity contribution >= 4 is 37.3 Å². The van der Waals surface area contributed by atoms with E-state index < -0.39 is 10.0 Å². The lowest BCUT2D eigenvalue weighted by molar-refractivity contribution is 0.467. The van der Waals surface area contributed by atoms with Gasteiger partial charge < -0.3 is 0 Å². The van der Waals surface area contributed by atoms with Gasteiger partial charge in [-0.25, -0.2) is 13.4 Å². The molecule has 2 aromatic heterocycles. The van der Waals surface area contributed by atoms with Gasteiger partial charge in [-0.3, -0.25) is 9.40 Å². The number of nitrogens with one attached hydrogen (secondary N) is 1. The average molecular weight is 515 g/mol. The van der Waals surface area contributed by atoms with Gasteiger partial charge in [0.15, 0.2) is 0 Å². The number of aryl methyl sites for hydroxylation is 1. The van der Waals surface area contributed by atoms with E-state index >= 15 is 0 Å². The van der Waals surface area contributed by atoms with Crippen LogP contribution in [0.5, 0.6) is 0 Å². The summed E-state index contributed by atoms with van der Waals surface area (Å²) in [5.74, 6) is 0. The molecule has 1 fully saturated rings. The Bertz CT molecular complexity index is 1630. The van der Waals surface area contributed by atoms with Crippen LogP contribution in [0.3, 0.4) is 0 Å². The molecule has 0 spiro atoms. The fourth-order valence-electron chi connectivity index (χ4n) is 4.77. The van der Waals surface area contributed by atoms with Crippen LogP contribution in [0.4, 0.5) is 5.69 Å². The molecule has 8 heteroatoms. The van der Waals surface area contributed by atoms with E-state index in [2.05, 4.69) is 23.8 Å². The molecular weight excluding hydrogens is 488 g/mol. The number of sulfonamides is 1. The number of fused-ring (bicyclic) bond motifs is 1. The molecule has 0 atom stereocenters. The summed E-state index contributed by atoms with van der Waals surface area (Å²) in [7, 11) is -3.85. The molecule has 2 heterocycles. The van der Waals surface area contributed by atoms with Crippen LogP contribution in [-0.4, -0.2) is 23.2 Å². The van der Waals surface area contributed by atoms with Gasteiger partial charge in [0.25, 0.3) is 10.0 Å². The number of nitrogens with zero attached hydrogens (tertiary/aromatic N) is 3. The Labute approximate surface area is 214 Å². The van der Waals surface area contributed by atoms with Gasteiger partial charge in [0, 0.05) is 23.0 Å². The summed E-state index contributed by atoms with van der Waals surface area (Å²) >= 11 is 1.63. The molecule has 0 unspecified atom stereocenters. The third-order valence-electron chi connectivity index (χ3n) is 6.66. The predicted octanol–water partition coefficient (Wildman–Crippen LogP) is 7.05. The van der Waals surface area contributed by atoms with E-state index in [4.69, 9.17) is 10.1 Å². The van der Waals surface area contributed by atoms with Crippen LogP contribution in [-0.2, 0) is 10.0 Å². The Kier molecular flexibility index (Phi) is 5.85. The molecule has 5 aromatic rings. The molecule has 0 aliphatic heterocycles. The Balaban J connectivity index is 1.30. The SMILES string of the molecule is Cc1ccc2nc(-c3ccc(NS(=O)(=O)c4cn(C5CCCC5)nc4-c4ccccc4)cc3)sc2c1. The van der Waals surface area contributed by atoms with Crippen molar-refractivity contribution in [3.63, 3.8) is 0 Å². The quantitative estimate of drug-likeness (QED) is 0.263. The number of hydrogen-bond acceptors (Lipinski definition) is 5. The van der Waals surface area contributed by atoms with Gasteiger partial charge in [-0.05, 0) is 61.7 Å². The maximum Gasteiger partial charge on any atom is 0.265 e. The highest BCUT2D eigenvalue weighted by Crippen LogP contribution is 2.35. The van der Waals surface area contributed by atoms with Crippen molar-refractivity contribution in [1.82, 2.24) is 14.8 Å². The van der Waals surface area contributed by atoms with Crippen LogP contribution in [0.1, 0.15) is 37.3 Å². The zero-order chi connectivity index (χ0) is 24.7. The van der Waals surface area contributed by atoms with Crippen molar-refractivity contribution in [1.29, 1.82) is 0 Å². The Morgan fingerprint density at radius 1 is 0.944 bits per heavy atom. The van der Waals surface area contributed by atoms with Crippen LogP contribution in [0.2, 0.25) is 0 Å². The van der Waals surface area contributed by atoms with E-state index in [-0.39, 0.29) is 10.9 Å². The molecule has 36 heavy (non-hydrogen) atoms. The first kappa shape index (κ1) is 22.9. The highest BCUT2D eigenvalue weighted by Gasteiger charge is 2.27. The normalized spacial score (nSPS) is 14.5. The van der Waals surface area contributed by atoms with Crippen LogP contribution in [0.25, 0.3) is 32.0 Å². The number of thiazole rings is 1. The van der Waals surface area contributed by atoms with E-state index in [0.717, 1.165) is 52.0 Å². The van der Waals surface area contributed by atoms with Gasteiger partial charge in [-0.1, -0.05) is 49.2 Å². The molecule has 1 N–H and O–H groups in total. The minimum atomic E-state index is -3.85. The van der Waals surface area contributed by atoms with E-state index in [1.165, 1.54) is 5.56 Å².